The zero-order chi connectivity index (χ0) is 11.4. The number of nitrogens with two attached hydrogens (primary N) is 1. The van der Waals surface area contributed by atoms with Gasteiger partial charge in [-0.3, -0.25) is 9.59 Å². The van der Waals surface area contributed by atoms with E-state index >= 15 is 0 Å². The highest BCUT2D eigenvalue weighted by molar-refractivity contribution is 5.98. The largest absolute Gasteiger partial charge is 0.507 e. The quantitative estimate of drug-likeness (QED) is 0.648. The van der Waals surface area contributed by atoms with Crippen LogP contribution in [0, 0.1) is 6.92 Å². The highest BCUT2D eigenvalue weighted by atomic mass is 16.3. The molecule has 0 radical (unpaired) electrons. The Kier molecular flexibility index (Phi) is 3.28. The summed E-state index contributed by atoms with van der Waals surface area (Å²) in [6.07, 6.45) is 0. The Hall–Kier alpha value is -2.04. The van der Waals surface area contributed by atoms with Crippen molar-refractivity contribution in [3.05, 3.63) is 29.3 Å². The number of amides is 2. The van der Waals surface area contributed by atoms with E-state index in [1.807, 2.05) is 0 Å². The minimum Gasteiger partial charge on any atom is -0.507 e. The van der Waals surface area contributed by atoms with Gasteiger partial charge in [-0.1, -0.05) is 6.07 Å². The van der Waals surface area contributed by atoms with Gasteiger partial charge < -0.3 is 16.2 Å². The van der Waals surface area contributed by atoms with Gasteiger partial charge >= 0.3 is 0 Å². The highest BCUT2D eigenvalue weighted by Crippen LogP contribution is 2.17. The number of carbonyl (C=O) groups excluding carboxylic acids is 2. The Morgan fingerprint density at radius 3 is 2.67 bits per heavy atom. The lowest BCUT2D eigenvalue weighted by Crippen LogP contribution is -2.33. The maximum atomic E-state index is 11.4. The lowest BCUT2D eigenvalue weighted by Gasteiger charge is -2.05. The van der Waals surface area contributed by atoms with Crippen molar-refractivity contribution in [2.75, 3.05) is 6.54 Å². The number of aryl methyl sites for hydroxylation is 1. The van der Waals surface area contributed by atoms with Crippen molar-refractivity contribution in [2.45, 2.75) is 6.92 Å². The normalized spacial score (nSPS) is 9.67. The molecule has 0 aliphatic carbocycles. The van der Waals surface area contributed by atoms with Crippen LogP contribution in [-0.4, -0.2) is 23.5 Å². The number of primary amides is 1. The lowest BCUT2D eigenvalue weighted by molar-refractivity contribution is -0.117. The van der Waals surface area contributed by atoms with Gasteiger partial charge in [0.25, 0.3) is 5.91 Å². The number of nitrogens with one attached hydrogen (secondary N) is 1. The zero-order valence-corrected chi connectivity index (χ0v) is 8.28. The third kappa shape index (κ3) is 2.98. The van der Waals surface area contributed by atoms with Crippen LogP contribution in [0.2, 0.25) is 0 Å². The van der Waals surface area contributed by atoms with Gasteiger partial charge in [0.05, 0.1) is 12.1 Å². The van der Waals surface area contributed by atoms with Crippen LogP contribution < -0.4 is 11.1 Å². The molecule has 0 saturated heterocycles. The molecule has 0 fully saturated rings. The second kappa shape index (κ2) is 4.45. The monoisotopic (exact) mass is 208 g/mol. The number of hydrogen-bond acceptors (Lipinski definition) is 3. The fourth-order valence-electron chi connectivity index (χ4n) is 1.10. The van der Waals surface area contributed by atoms with E-state index in [-0.39, 0.29) is 17.9 Å². The summed E-state index contributed by atoms with van der Waals surface area (Å²) in [6, 6.07) is 4.65. The lowest BCUT2D eigenvalue weighted by atomic mass is 10.1. The number of benzene rings is 1. The molecule has 0 aromatic heterocycles. The number of aromatic hydroxyl groups is 1. The summed E-state index contributed by atoms with van der Waals surface area (Å²) < 4.78 is 0. The molecule has 15 heavy (non-hydrogen) atoms. The molecule has 0 aliphatic heterocycles. The van der Waals surface area contributed by atoms with E-state index in [1.54, 1.807) is 13.0 Å². The maximum Gasteiger partial charge on any atom is 0.255 e. The fraction of sp³-hybridized carbons (Fsp3) is 0.200. The summed E-state index contributed by atoms with van der Waals surface area (Å²) in [5.74, 6) is -1.27. The molecule has 5 heteroatoms. The molecule has 4 N–H and O–H groups in total. The van der Waals surface area contributed by atoms with E-state index in [0.717, 1.165) is 5.56 Å². The molecule has 0 atom stereocenters. The van der Waals surface area contributed by atoms with Crippen LogP contribution in [0.3, 0.4) is 0 Å². The molecular weight excluding hydrogens is 196 g/mol. The Morgan fingerprint density at radius 1 is 1.47 bits per heavy atom. The van der Waals surface area contributed by atoms with Crippen molar-refractivity contribution in [1.82, 2.24) is 5.32 Å². The Labute approximate surface area is 86.9 Å². The van der Waals surface area contributed by atoms with Gasteiger partial charge in [0.1, 0.15) is 5.75 Å². The first-order valence-electron chi connectivity index (χ1n) is 4.37. The topological polar surface area (TPSA) is 92.4 Å². The third-order valence-corrected chi connectivity index (χ3v) is 1.82. The predicted octanol–water partition coefficient (Wildman–Crippen LogP) is -0.0843. The number of carbonyl (C=O) groups is 2. The molecule has 0 heterocycles. The summed E-state index contributed by atoms with van der Waals surface area (Å²) in [7, 11) is 0. The molecule has 0 aliphatic rings. The second-order valence-electron chi connectivity index (χ2n) is 3.17. The fourth-order valence-corrected chi connectivity index (χ4v) is 1.10. The van der Waals surface area contributed by atoms with Crippen molar-refractivity contribution in [2.24, 2.45) is 5.73 Å². The summed E-state index contributed by atoms with van der Waals surface area (Å²) in [5, 5.41) is 11.7. The van der Waals surface area contributed by atoms with Crippen molar-refractivity contribution in [3.8, 4) is 5.75 Å². The van der Waals surface area contributed by atoms with Crippen LogP contribution >= 0.6 is 0 Å². The minimum absolute atomic E-state index is 0.114. The first-order valence-corrected chi connectivity index (χ1v) is 4.37. The van der Waals surface area contributed by atoms with Crippen LogP contribution in [0.4, 0.5) is 0 Å². The average Bonchev–Trinajstić information content (AvgIpc) is 2.14. The molecular formula is C10H12N2O3. The summed E-state index contributed by atoms with van der Waals surface area (Å²) >= 11 is 0. The molecule has 0 saturated carbocycles. The van der Waals surface area contributed by atoms with Crippen LogP contribution in [-0.2, 0) is 4.79 Å². The molecule has 0 spiro atoms. The maximum absolute atomic E-state index is 11.4. The van der Waals surface area contributed by atoms with Crippen LogP contribution in [0.15, 0.2) is 18.2 Å². The van der Waals surface area contributed by atoms with Crippen molar-refractivity contribution >= 4 is 11.8 Å². The molecule has 0 bridgehead atoms. The summed E-state index contributed by atoms with van der Waals surface area (Å²) in [5.41, 5.74) is 5.84. The van der Waals surface area contributed by atoms with E-state index in [9.17, 15) is 14.7 Å². The molecule has 0 unspecified atom stereocenters. The van der Waals surface area contributed by atoms with E-state index in [0.29, 0.717) is 0 Å². The Morgan fingerprint density at radius 2 is 2.13 bits per heavy atom. The molecule has 5 nitrogen and oxygen atoms in total. The summed E-state index contributed by atoms with van der Waals surface area (Å²) in [4.78, 5) is 21.8. The Bertz CT molecular complexity index is 402. The molecule has 1 rings (SSSR count). The van der Waals surface area contributed by atoms with Gasteiger partial charge in [-0.2, -0.15) is 0 Å². The van der Waals surface area contributed by atoms with E-state index in [2.05, 4.69) is 5.32 Å². The number of hydrogen-bond donors (Lipinski definition) is 3. The van der Waals surface area contributed by atoms with Crippen LogP contribution in [0.25, 0.3) is 0 Å². The number of phenols is 1. The average molecular weight is 208 g/mol. The standard InChI is InChI=1S/C10H12N2O3/c1-6-2-3-7(8(13)4-6)10(15)12-5-9(11)14/h2-4,13H,5H2,1H3,(H2,11,14)(H,12,15). The van der Waals surface area contributed by atoms with E-state index in [4.69, 9.17) is 5.73 Å². The molecule has 1 aromatic rings. The van der Waals surface area contributed by atoms with E-state index in [1.165, 1.54) is 12.1 Å². The molecule has 1 aromatic carbocycles. The molecule has 80 valence electrons. The number of rotatable bonds is 3. The van der Waals surface area contributed by atoms with Crippen molar-refractivity contribution in [3.63, 3.8) is 0 Å². The SMILES string of the molecule is Cc1ccc(C(=O)NCC(N)=O)c(O)c1. The van der Waals surface area contributed by atoms with Gasteiger partial charge in [-0.25, -0.2) is 0 Å². The first-order chi connectivity index (χ1) is 7.00. The van der Waals surface area contributed by atoms with Crippen molar-refractivity contribution < 1.29 is 14.7 Å². The zero-order valence-electron chi connectivity index (χ0n) is 8.28. The summed E-state index contributed by atoms with van der Waals surface area (Å²) in [6.45, 7) is 1.55. The van der Waals surface area contributed by atoms with Gasteiger partial charge in [0.2, 0.25) is 5.91 Å². The van der Waals surface area contributed by atoms with Gasteiger partial charge in [0.15, 0.2) is 0 Å². The molecule has 2 amide bonds. The second-order valence-corrected chi connectivity index (χ2v) is 3.17. The van der Waals surface area contributed by atoms with Crippen molar-refractivity contribution in [1.29, 1.82) is 0 Å². The highest BCUT2D eigenvalue weighted by Gasteiger charge is 2.10. The van der Waals surface area contributed by atoms with Gasteiger partial charge in [-0.15, -0.1) is 0 Å². The van der Waals surface area contributed by atoms with E-state index < -0.39 is 11.8 Å². The Balaban J connectivity index is 2.78. The predicted molar refractivity (Wildman–Crippen MR) is 54.4 cm³/mol. The minimum atomic E-state index is -0.630. The number of phenolic OH excluding ortho intramolecular Hbond substituents is 1. The van der Waals surface area contributed by atoms with Gasteiger partial charge in [-0.05, 0) is 24.6 Å². The third-order valence-electron chi connectivity index (χ3n) is 1.82. The van der Waals surface area contributed by atoms with Crippen LogP contribution in [0.5, 0.6) is 5.75 Å². The van der Waals surface area contributed by atoms with Crippen LogP contribution in [0.1, 0.15) is 15.9 Å². The van der Waals surface area contributed by atoms with Gasteiger partial charge in [0, 0.05) is 0 Å². The smallest absolute Gasteiger partial charge is 0.255 e. The first kappa shape index (κ1) is 11.0.